The average Bonchev–Trinajstić information content (AvgIpc) is 2.23. The molecule has 0 bridgehead atoms. The predicted octanol–water partition coefficient (Wildman–Crippen LogP) is 3.58. The van der Waals surface area contributed by atoms with Gasteiger partial charge in [-0.15, -0.1) is 0 Å². The van der Waals surface area contributed by atoms with Crippen LogP contribution in [0.15, 0.2) is 48.5 Å². The Labute approximate surface area is 84.2 Å². The van der Waals surface area contributed by atoms with Crippen LogP contribution in [0.2, 0.25) is 0 Å². The van der Waals surface area contributed by atoms with Gasteiger partial charge in [-0.3, -0.25) is 0 Å². The molecule has 69 valence electrons. The molecule has 1 N–H and O–H groups in total. The van der Waals surface area contributed by atoms with Crippen molar-refractivity contribution in [2.24, 2.45) is 0 Å². The van der Waals surface area contributed by atoms with Crippen molar-refractivity contribution in [2.75, 3.05) is 0 Å². The third kappa shape index (κ3) is 1.62. The average molecular weight is 182 g/mol. The van der Waals surface area contributed by atoms with E-state index >= 15 is 0 Å². The second-order valence-electron chi connectivity index (χ2n) is 3.40. The molecule has 0 atom stereocenters. The SMILES string of the molecule is Cc1ccc(-c2ccccc2)cc1[NH]. The Balaban J connectivity index is 2.48. The largest absolute Gasteiger partial charge is 0.301 e. The third-order valence-corrected chi connectivity index (χ3v) is 2.34. The zero-order chi connectivity index (χ0) is 9.97. The van der Waals surface area contributed by atoms with E-state index in [9.17, 15) is 0 Å². The van der Waals surface area contributed by atoms with Gasteiger partial charge in [-0.05, 0) is 29.7 Å². The monoisotopic (exact) mass is 182 g/mol. The highest BCUT2D eigenvalue weighted by molar-refractivity contribution is 5.67. The summed E-state index contributed by atoms with van der Waals surface area (Å²) in [5.74, 6) is 0. The highest BCUT2D eigenvalue weighted by Gasteiger charge is 1.98. The van der Waals surface area contributed by atoms with Crippen LogP contribution in [-0.2, 0) is 0 Å². The molecule has 0 aliphatic rings. The maximum Gasteiger partial charge on any atom is 0.0575 e. The van der Waals surface area contributed by atoms with Crippen molar-refractivity contribution in [3.8, 4) is 11.1 Å². The first-order valence-electron chi connectivity index (χ1n) is 4.65. The van der Waals surface area contributed by atoms with Gasteiger partial charge in [0.2, 0.25) is 0 Å². The lowest BCUT2D eigenvalue weighted by atomic mass is 10.0. The Bertz CT molecular complexity index is 432. The molecule has 0 saturated carbocycles. The molecule has 2 aromatic carbocycles. The van der Waals surface area contributed by atoms with Crippen LogP contribution in [0.4, 0.5) is 5.69 Å². The zero-order valence-electron chi connectivity index (χ0n) is 8.12. The van der Waals surface area contributed by atoms with Gasteiger partial charge in [0.1, 0.15) is 0 Å². The van der Waals surface area contributed by atoms with Crippen molar-refractivity contribution in [1.82, 2.24) is 5.73 Å². The second kappa shape index (κ2) is 3.54. The van der Waals surface area contributed by atoms with Gasteiger partial charge in [-0.25, -0.2) is 0 Å². The maximum atomic E-state index is 7.71. The van der Waals surface area contributed by atoms with Gasteiger partial charge >= 0.3 is 0 Å². The summed E-state index contributed by atoms with van der Waals surface area (Å²) in [5, 5.41) is 0. The summed E-state index contributed by atoms with van der Waals surface area (Å²) in [4.78, 5) is 0. The van der Waals surface area contributed by atoms with Crippen LogP contribution in [0, 0.1) is 6.92 Å². The van der Waals surface area contributed by atoms with Gasteiger partial charge in [-0.2, -0.15) is 0 Å². The summed E-state index contributed by atoms with van der Waals surface area (Å²) in [7, 11) is 0. The molecule has 0 saturated heterocycles. The zero-order valence-corrected chi connectivity index (χ0v) is 8.12. The molecule has 14 heavy (non-hydrogen) atoms. The lowest BCUT2D eigenvalue weighted by Crippen LogP contribution is -1.81. The molecule has 1 radical (unpaired) electrons. The van der Waals surface area contributed by atoms with E-state index < -0.39 is 0 Å². The Morgan fingerprint density at radius 1 is 0.857 bits per heavy atom. The molecular formula is C13H12N. The quantitative estimate of drug-likeness (QED) is 0.643. The number of rotatable bonds is 1. The predicted molar refractivity (Wildman–Crippen MR) is 59.4 cm³/mol. The molecule has 0 aromatic heterocycles. The van der Waals surface area contributed by atoms with Crippen LogP contribution >= 0.6 is 0 Å². The Kier molecular flexibility index (Phi) is 2.23. The molecule has 0 amide bonds. The molecule has 0 aliphatic carbocycles. The number of hydrogen-bond donors (Lipinski definition) is 0. The van der Waals surface area contributed by atoms with Crippen molar-refractivity contribution in [1.29, 1.82) is 0 Å². The van der Waals surface area contributed by atoms with Crippen molar-refractivity contribution in [3.63, 3.8) is 0 Å². The molecule has 0 fully saturated rings. The summed E-state index contributed by atoms with van der Waals surface area (Å²) in [6, 6.07) is 16.1. The number of aryl methyl sites for hydroxylation is 1. The van der Waals surface area contributed by atoms with Gasteiger partial charge in [0.05, 0.1) is 5.69 Å². The first-order valence-corrected chi connectivity index (χ1v) is 4.65. The van der Waals surface area contributed by atoms with E-state index in [0.29, 0.717) is 5.69 Å². The molecular weight excluding hydrogens is 170 g/mol. The minimum atomic E-state index is 0.603. The minimum absolute atomic E-state index is 0.603. The molecule has 1 heteroatoms. The van der Waals surface area contributed by atoms with Crippen LogP contribution < -0.4 is 5.73 Å². The van der Waals surface area contributed by atoms with E-state index in [1.54, 1.807) is 0 Å². The van der Waals surface area contributed by atoms with Crippen LogP contribution in [0.5, 0.6) is 0 Å². The molecule has 0 heterocycles. The molecule has 0 unspecified atom stereocenters. The summed E-state index contributed by atoms with van der Waals surface area (Å²) in [6.45, 7) is 1.96. The van der Waals surface area contributed by atoms with Crippen molar-refractivity contribution >= 4 is 5.69 Å². The Morgan fingerprint density at radius 3 is 2.21 bits per heavy atom. The fourth-order valence-corrected chi connectivity index (χ4v) is 1.43. The van der Waals surface area contributed by atoms with Crippen LogP contribution in [0.1, 0.15) is 5.56 Å². The lowest BCUT2D eigenvalue weighted by Gasteiger charge is -2.03. The number of hydrogen-bond acceptors (Lipinski definition) is 0. The summed E-state index contributed by atoms with van der Waals surface area (Å²) in [5.41, 5.74) is 11.6. The van der Waals surface area contributed by atoms with Gasteiger partial charge < -0.3 is 5.73 Å². The smallest absolute Gasteiger partial charge is 0.0575 e. The van der Waals surface area contributed by atoms with Gasteiger partial charge in [0, 0.05) is 0 Å². The van der Waals surface area contributed by atoms with Gasteiger partial charge in [-0.1, -0.05) is 42.5 Å². The number of benzene rings is 2. The second-order valence-corrected chi connectivity index (χ2v) is 3.40. The van der Waals surface area contributed by atoms with E-state index in [-0.39, 0.29) is 0 Å². The molecule has 2 aromatic rings. The van der Waals surface area contributed by atoms with Crippen molar-refractivity contribution in [2.45, 2.75) is 6.92 Å². The molecule has 1 nitrogen and oxygen atoms in total. The highest BCUT2D eigenvalue weighted by Crippen LogP contribution is 2.23. The summed E-state index contributed by atoms with van der Waals surface area (Å²) >= 11 is 0. The third-order valence-electron chi connectivity index (χ3n) is 2.34. The van der Waals surface area contributed by atoms with Crippen LogP contribution in [-0.4, -0.2) is 0 Å². The Hall–Kier alpha value is -1.76. The van der Waals surface area contributed by atoms with Crippen molar-refractivity contribution < 1.29 is 0 Å². The van der Waals surface area contributed by atoms with Gasteiger partial charge in [0.15, 0.2) is 0 Å². The van der Waals surface area contributed by atoms with E-state index in [0.717, 1.165) is 11.1 Å². The first kappa shape index (κ1) is 8.82. The first-order chi connectivity index (χ1) is 6.77. The van der Waals surface area contributed by atoms with E-state index in [1.807, 2.05) is 37.3 Å². The minimum Gasteiger partial charge on any atom is -0.301 e. The molecule has 0 aliphatic heterocycles. The van der Waals surface area contributed by atoms with E-state index in [1.165, 1.54) is 5.56 Å². The Morgan fingerprint density at radius 2 is 1.57 bits per heavy atom. The van der Waals surface area contributed by atoms with Crippen molar-refractivity contribution in [3.05, 3.63) is 54.1 Å². The van der Waals surface area contributed by atoms with Gasteiger partial charge in [0.25, 0.3) is 0 Å². The van der Waals surface area contributed by atoms with Crippen LogP contribution in [0.3, 0.4) is 0 Å². The maximum absolute atomic E-state index is 7.71. The summed E-state index contributed by atoms with van der Waals surface area (Å²) in [6.07, 6.45) is 0. The topological polar surface area (TPSA) is 23.8 Å². The lowest BCUT2D eigenvalue weighted by molar-refractivity contribution is 1.37. The molecule has 0 spiro atoms. The fourth-order valence-electron chi connectivity index (χ4n) is 1.43. The van der Waals surface area contributed by atoms with E-state index in [4.69, 9.17) is 5.73 Å². The normalized spacial score (nSPS) is 10.1. The molecule has 2 rings (SSSR count). The summed E-state index contributed by atoms with van der Waals surface area (Å²) < 4.78 is 0. The highest BCUT2D eigenvalue weighted by atomic mass is 14.5. The standard InChI is InChI=1S/C13H12N/c1-10-7-8-12(9-13(10)14)11-5-3-2-4-6-11/h2-9,14H,1H3. The van der Waals surface area contributed by atoms with Crippen LogP contribution in [0.25, 0.3) is 11.1 Å². The number of nitrogens with one attached hydrogen (secondary N) is 1. The van der Waals surface area contributed by atoms with E-state index in [2.05, 4.69) is 18.2 Å². The fraction of sp³-hybridized carbons (Fsp3) is 0.0769.